The molecule has 4 rings (SSSR count). The van der Waals surface area contributed by atoms with Crippen LogP contribution in [0.3, 0.4) is 0 Å². The van der Waals surface area contributed by atoms with Crippen molar-refractivity contribution in [3.8, 4) is 33.8 Å². The van der Waals surface area contributed by atoms with Crippen LogP contribution < -0.4 is 9.47 Å². The van der Waals surface area contributed by atoms with Gasteiger partial charge in [-0.25, -0.2) is 18.0 Å². The van der Waals surface area contributed by atoms with Crippen LogP contribution in [0, 0.1) is 17.5 Å². The first-order valence-electron chi connectivity index (χ1n) is 12.1. The third-order valence-corrected chi connectivity index (χ3v) is 6.19. The van der Waals surface area contributed by atoms with E-state index in [1.54, 1.807) is 6.07 Å². The second kappa shape index (κ2) is 11.8. The van der Waals surface area contributed by atoms with Crippen LogP contribution in [0.15, 0.2) is 78.9 Å². The Morgan fingerprint density at radius 1 is 0.730 bits per heavy atom. The maximum absolute atomic E-state index is 15.0. The molecule has 0 saturated carbocycles. The van der Waals surface area contributed by atoms with E-state index in [2.05, 4.69) is 6.92 Å². The number of unbranched alkanes of at least 4 members (excludes halogenated alkanes) is 2. The highest BCUT2D eigenvalue weighted by molar-refractivity contribution is 5.91. The monoisotopic (exact) mass is 504 g/mol. The van der Waals surface area contributed by atoms with Gasteiger partial charge in [-0.15, -0.1) is 0 Å². The highest BCUT2D eigenvalue weighted by Crippen LogP contribution is 2.32. The van der Waals surface area contributed by atoms with E-state index in [0.717, 1.165) is 31.7 Å². The van der Waals surface area contributed by atoms with Crippen molar-refractivity contribution >= 4 is 5.97 Å². The molecule has 0 unspecified atom stereocenters. The predicted molar refractivity (Wildman–Crippen MR) is 138 cm³/mol. The summed E-state index contributed by atoms with van der Waals surface area (Å²) in [6.45, 7) is 2.15. The second-order valence-corrected chi connectivity index (χ2v) is 8.70. The number of esters is 1. The topological polar surface area (TPSA) is 35.5 Å². The van der Waals surface area contributed by atoms with Gasteiger partial charge >= 0.3 is 5.97 Å². The zero-order chi connectivity index (χ0) is 26.4. The number of rotatable bonds is 9. The fraction of sp³-hybridized carbons (Fsp3) is 0.194. The molecule has 3 nitrogen and oxygen atoms in total. The van der Waals surface area contributed by atoms with E-state index in [1.807, 2.05) is 24.3 Å². The molecular weight excluding hydrogens is 477 g/mol. The van der Waals surface area contributed by atoms with Gasteiger partial charge in [-0.3, -0.25) is 0 Å². The lowest BCUT2D eigenvalue weighted by atomic mass is 9.97. The summed E-state index contributed by atoms with van der Waals surface area (Å²) in [6, 6.07) is 20.3. The van der Waals surface area contributed by atoms with Crippen molar-refractivity contribution in [2.45, 2.75) is 32.6 Å². The van der Waals surface area contributed by atoms with E-state index < -0.39 is 23.4 Å². The normalized spacial score (nSPS) is 10.8. The zero-order valence-corrected chi connectivity index (χ0v) is 20.7. The molecule has 0 fully saturated rings. The lowest BCUT2D eigenvalue weighted by Crippen LogP contribution is -2.10. The van der Waals surface area contributed by atoms with Crippen molar-refractivity contribution in [3.05, 3.63) is 107 Å². The maximum Gasteiger partial charge on any atom is 0.346 e. The summed E-state index contributed by atoms with van der Waals surface area (Å²) in [6.07, 6.45) is 4.37. The number of hydrogen-bond acceptors (Lipinski definition) is 3. The van der Waals surface area contributed by atoms with E-state index in [9.17, 15) is 9.18 Å². The predicted octanol–water partition coefficient (Wildman–Crippen LogP) is 8.40. The summed E-state index contributed by atoms with van der Waals surface area (Å²) in [4.78, 5) is 12.3. The fourth-order valence-electron chi connectivity index (χ4n) is 4.08. The number of hydrogen-bond donors (Lipinski definition) is 0. The number of benzene rings is 4. The van der Waals surface area contributed by atoms with Crippen LogP contribution in [0.4, 0.5) is 13.2 Å². The quantitative estimate of drug-likeness (QED) is 0.130. The van der Waals surface area contributed by atoms with Gasteiger partial charge in [0.1, 0.15) is 17.3 Å². The molecule has 4 aromatic rings. The van der Waals surface area contributed by atoms with Crippen LogP contribution in [-0.4, -0.2) is 13.1 Å². The first kappa shape index (κ1) is 26.0. The molecule has 0 spiro atoms. The van der Waals surface area contributed by atoms with Gasteiger partial charge in [0.25, 0.3) is 0 Å². The van der Waals surface area contributed by atoms with Gasteiger partial charge in [0.15, 0.2) is 11.6 Å². The van der Waals surface area contributed by atoms with Crippen LogP contribution in [0.2, 0.25) is 0 Å². The van der Waals surface area contributed by atoms with Crippen molar-refractivity contribution < 1.29 is 27.4 Å². The van der Waals surface area contributed by atoms with Crippen LogP contribution in [-0.2, 0) is 6.42 Å². The Hall–Kier alpha value is -4.06. The minimum Gasteiger partial charge on any atom is -0.497 e. The van der Waals surface area contributed by atoms with E-state index in [4.69, 9.17) is 9.47 Å². The van der Waals surface area contributed by atoms with E-state index >= 15 is 8.78 Å². The van der Waals surface area contributed by atoms with E-state index in [0.29, 0.717) is 11.1 Å². The average Bonchev–Trinajstić information content (AvgIpc) is 2.91. The molecule has 0 aromatic heterocycles. The van der Waals surface area contributed by atoms with Crippen molar-refractivity contribution in [1.29, 1.82) is 0 Å². The summed E-state index contributed by atoms with van der Waals surface area (Å²) in [5, 5.41) is 0. The molecule has 0 bridgehead atoms. The molecule has 0 aliphatic rings. The van der Waals surface area contributed by atoms with Crippen LogP contribution >= 0.6 is 0 Å². The molecule has 0 aliphatic heterocycles. The molecule has 4 aromatic carbocycles. The Morgan fingerprint density at radius 3 is 1.84 bits per heavy atom. The van der Waals surface area contributed by atoms with Gasteiger partial charge in [0.05, 0.1) is 12.7 Å². The minimum atomic E-state index is -0.963. The SMILES string of the molecule is CCCCCc1ccc(-c2ccc(-c3ccc(OC(=O)c4ccc(OC)cc4F)cc3)c(F)c2F)cc1. The molecule has 37 heavy (non-hydrogen) atoms. The number of methoxy groups -OCH3 is 1. The Balaban J connectivity index is 1.49. The van der Waals surface area contributed by atoms with Crippen molar-refractivity contribution in [1.82, 2.24) is 0 Å². The molecule has 0 amide bonds. The first-order chi connectivity index (χ1) is 17.9. The fourth-order valence-corrected chi connectivity index (χ4v) is 4.08. The number of carbonyl (C=O) groups excluding carboxylic acids is 1. The molecule has 0 N–H and O–H groups in total. The Labute approximate surface area is 214 Å². The van der Waals surface area contributed by atoms with E-state index in [-0.39, 0.29) is 28.2 Å². The average molecular weight is 505 g/mol. The summed E-state index contributed by atoms with van der Waals surface area (Å²) < 4.78 is 54.4. The zero-order valence-electron chi connectivity index (χ0n) is 20.7. The van der Waals surface area contributed by atoms with Gasteiger partial charge in [-0.2, -0.15) is 0 Å². The number of aryl methyl sites for hydroxylation is 1. The highest BCUT2D eigenvalue weighted by Gasteiger charge is 2.18. The molecule has 0 heterocycles. The Morgan fingerprint density at radius 2 is 1.30 bits per heavy atom. The molecule has 0 atom stereocenters. The minimum absolute atomic E-state index is 0.0801. The molecule has 0 aliphatic carbocycles. The number of halogens is 3. The van der Waals surface area contributed by atoms with Crippen molar-refractivity contribution in [3.63, 3.8) is 0 Å². The van der Waals surface area contributed by atoms with Crippen LogP contribution in [0.5, 0.6) is 11.5 Å². The van der Waals surface area contributed by atoms with Crippen molar-refractivity contribution in [2.24, 2.45) is 0 Å². The lowest BCUT2D eigenvalue weighted by Gasteiger charge is -2.11. The van der Waals surface area contributed by atoms with Gasteiger partial charge < -0.3 is 9.47 Å². The molecule has 0 saturated heterocycles. The largest absolute Gasteiger partial charge is 0.497 e. The highest BCUT2D eigenvalue weighted by atomic mass is 19.2. The van der Waals surface area contributed by atoms with Gasteiger partial charge in [0, 0.05) is 17.2 Å². The maximum atomic E-state index is 15.0. The standard InChI is InChI=1S/C31H27F3O3/c1-3-4-5-6-20-7-9-21(10-8-20)25-17-18-26(30(34)29(25)33)22-11-13-23(14-12-22)37-31(35)27-16-15-24(36-2)19-28(27)32/h7-19H,3-6H2,1-2H3. The third kappa shape index (κ3) is 6.02. The summed E-state index contributed by atoms with van der Waals surface area (Å²) >= 11 is 0. The molecule has 0 radical (unpaired) electrons. The summed E-state index contributed by atoms with van der Waals surface area (Å²) in [5.74, 6) is -3.13. The van der Waals surface area contributed by atoms with Gasteiger partial charge in [0.2, 0.25) is 0 Å². The smallest absolute Gasteiger partial charge is 0.346 e. The third-order valence-electron chi connectivity index (χ3n) is 6.19. The van der Waals surface area contributed by atoms with Gasteiger partial charge in [-0.1, -0.05) is 68.3 Å². The molecular formula is C31H27F3O3. The molecule has 6 heteroatoms. The van der Waals surface area contributed by atoms with Crippen LogP contribution in [0.25, 0.3) is 22.3 Å². The van der Waals surface area contributed by atoms with E-state index in [1.165, 1.54) is 55.1 Å². The number of ether oxygens (including phenoxy) is 2. The Kier molecular flexibility index (Phi) is 8.29. The first-order valence-corrected chi connectivity index (χ1v) is 12.1. The summed E-state index contributed by atoms with van der Waals surface area (Å²) in [7, 11) is 1.39. The van der Waals surface area contributed by atoms with Crippen LogP contribution in [0.1, 0.15) is 42.1 Å². The second-order valence-electron chi connectivity index (χ2n) is 8.70. The number of carbonyl (C=O) groups is 1. The lowest BCUT2D eigenvalue weighted by molar-refractivity contribution is 0.0730. The van der Waals surface area contributed by atoms with Crippen molar-refractivity contribution in [2.75, 3.05) is 7.11 Å². The molecule has 190 valence electrons. The Bertz CT molecular complexity index is 1380. The van der Waals surface area contributed by atoms with Gasteiger partial charge in [-0.05, 0) is 53.8 Å². The summed E-state index contributed by atoms with van der Waals surface area (Å²) in [5.41, 5.74) is 2.21.